The Hall–Kier alpha value is -1.21. The van der Waals surface area contributed by atoms with E-state index in [1.165, 1.54) is 11.8 Å². The van der Waals surface area contributed by atoms with Gasteiger partial charge in [-0.3, -0.25) is 4.79 Å². The molecule has 0 aliphatic carbocycles. The smallest absolute Gasteiger partial charge is 0.313 e. The van der Waals surface area contributed by atoms with Gasteiger partial charge in [-0.05, 0) is 36.5 Å². The zero-order chi connectivity index (χ0) is 15.4. The minimum Gasteiger partial charge on any atom is -0.481 e. The van der Waals surface area contributed by atoms with Gasteiger partial charge in [0.05, 0.1) is 5.75 Å². The number of aryl methyl sites for hydroxylation is 1. The second-order valence-electron chi connectivity index (χ2n) is 5.10. The van der Waals surface area contributed by atoms with Crippen LogP contribution >= 0.6 is 23.5 Å². The maximum atomic E-state index is 10.8. The van der Waals surface area contributed by atoms with E-state index in [1.54, 1.807) is 0 Å². The summed E-state index contributed by atoms with van der Waals surface area (Å²) in [5.74, 6) is 0.706. The third-order valence-electron chi connectivity index (χ3n) is 2.96. The SMILES string of the molecule is CSCC(C)Cn1c(SCC(=O)O)nc2cc(C)cnc21. The summed E-state index contributed by atoms with van der Waals surface area (Å²) < 4.78 is 2.04. The fourth-order valence-electron chi connectivity index (χ4n) is 2.14. The first kappa shape index (κ1) is 16.2. The molecule has 2 heterocycles. The van der Waals surface area contributed by atoms with E-state index in [-0.39, 0.29) is 5.75 Å². The molecule has 1 unspecified atom stereocenters. The van der Waals surface area contributed by atoms with Gasteiger partial charge in [-0.2, -0.15) is 11.8 Å². The van der Waals surface area contributed by atoms with Crippen molar-refractivity contribution in [3.8, 4) is 0 Å². The fraction of sp³-hybridized carbons (Fsp3) is 0.500. The van der Waals surface area contributed by atoms with E-state index in [1.807, 2.05) is 35.5 Å². The summed E-state index contributed by atoms with van der Waals surface area (Å²) in [7, 11) is 0. The molecule has 0 aliphatic rings. The van der Waals surface area contributed by atoms with Gasteiger partial charge >= 0.3 is 5.97 Å². The summed E-state index contributed by atoms with van der Waals surface area (Å²) in [5, 5.41) is 9.61. The largest absolute Gasteiger partial charge is 0.481 e. The van der Waals surface area contributed by atoms with Crippen molar-refractivity contribution in [2.45, 2.75) is 25.5 Å². The van der Waals surface area contributed by atoms with Crippen LogP contribution in [0.15, 0.2) is 17.4 Å². The molecule has 114 valence electrons. The quantitative estimate of drug-likeness (QED) is 0.790. The second-order valence-corrected chi connectivity index (χ2v) is 6.96. The van der Waals surface area contributed by atoms with Gasteiger partial charge in [0.2, 0.25) is 0 Å². The lowest BCUT2D eigenvalue weighted by Gasteiger charge is -2.13. The van der Waals surface area contributed by atoms with Crippen LogP contribution in [0, 0.1) is 12.8 Å². The molecule has 21 heavy (non-hydrogen) atoms. The van der Waals surface area contributed by atoms with Crippen molar-refractivity contribution in [2.75, 3.05) is 17.8 Å². The average Bonchev–Trinajstić information content (AvgIpc) is 2.74. The van der Waals surface area contributed by atoms with Crippen molar-refractivity contribution in [3.05, 3.63) is 17.8 Å². The molecular weight excluding hydrogens is 306 g/mol. The highest BCUT2D eigenvalue weighted by molar-refractivity contribution is 7.99. The van der Waals surface area contributed by atoms with Gasteiger partial charge in [0.1, 0.15) is 5.52 Å². The number of pyridine rings is 1. The molecule has 0 aliphatic heterocycles. The predicted octanol–water partition coefficient (Wildman–Crippen LogP) is 2.92. The third-order valence-corrected chi connectivity index (χ3v) is 4.82. The van der Waals surface area contributed by atoms with Crippen molar-refractivity contribution in [3.63, 3.8) is 0 Å². The Morgan fingerprint density at radius 2 is 2.29 bits per heavy atom. The Kier molecular flexibility index (Phi) is 5.52. The molecule has 0 amide bonds. The molecular formula is C14H19N3O2S2. The Balaban J connectivity index is 2.36. The lowest BCUT2D eigenvalue weighted by Crippen LogP contribution is -2.12. The molecule has 5 nitrogen and oxygen atoms in total. The fourth-order valence-corrected chi connectivity index (χ4v) is 3.55. The van der Waals surface area contributed by atoms with Gasteiger partial charge < -0.3 is 9.67 Å². The molecule has 1 N–H and O–H groups in total. The van der Waals surface area contributed by atoms with Crippen molar-refractivity contribution in [1.82, 2.24) is 14.5 Å². The number of imidazole rings is 1. The maximum absolute atomic E-state index is 10.8. The van der Waals surface area contributed by atoms with Gasteiger partial charge in [0.25, 0.3) is 0 Å². The number of carboxylic acids is 1. The number of hydrogen-bond acceptors (Lipinski definition) is 5. The molecule has 0 fully saturated rings. The van der Waals surface area contributed by atoms with Crippen molar-refractivity contribution in [1.29, 1.82) is 0 Å². The highest BCUT2D eigenvalue weighted by atomic mass is 32.2. The average molecular weight is 325 g/mol. The molecule has 2 rings (SSSR count). The predicted molar refractivity (Wildman–Crippen MR) is 88.2 cm³/mol. The van der Waals surface area contributed by atoms with E-state index >= 15 is 0 Å². The van der Waals surface area contributed by atoms with Crippen molar-refractivity contribution < 1.29 is 9.90 Å². The van der Waals surface area contributed by atoms with Crippen LogP contribution in [0.1, 0.15) is 12.5 Å². The standard InChI is InChI=1S/C14H19N3O2S2/c1-9-4-11-13(15-5-9)17(6-10(2)7-20-3)14(16-11)21-8-12(18)19/h4-5,10H,6-8H2,1-3H3,(H,18,19). The summed E-state index contributed by atoms with van der Waals surface area (Å²) in [4.78, 5) is 19.8. The normalized spacial score (nSPS) is 12.7. The van der Waals surface area contributed by atoms with Crippen LogP contribution in [0.4, 0.5) is 0 Å². The summed E-state index contributed by atoms with van der Waals surface area (Å²) in [6, 6.07) is 1.99. The highest BCUT2D eigenvalue weighted by Gasteiger charge is 2.16. The van der Waals surface area contributed by atoms with Gasteiger partial charge in [-0.1, -0.05) is 18.7 Å². The lowest BCUT2D eigenvalue weighted by molar-refractivity contribution is -0.133. The molecule has 0 saturated heterocycles. The number of nitrogens with zero attached hydrogens (tertiary/aromatic N) is 3. The van der Waals surface area contributed by atoms with Gasteiger partial charge in [0.15, 0.2) is 10.8 Å². The number of carboxylic acid groups (broad SMARTS) is 1. The van der Waals surface area contributed by atoms with Gasteiger partial charge in [-0.15, -0.1) is 0 Å². The van der Waals surface area contributed by atoms with Crippen LogP contribution in [0.3, 0.4) is 0 Å². The summed E-state index contributed by atoms with van der Waals surface area (Å²) in [6.07, 6.45) is 3.91. The first-order valence-corrected chi connectivity index (χ1v) is 9.05. The van der Waals surface area contributed by atoms with Crippen molar-refractivity contribution in [2.24, 2.45) is 5.92 Å². The number of aromatic nitrogens is 3. The Morgan fingerprint density at radius 1 is 1.52 bits per heavy atom. The van der Waals surface area contributed by atoms with Crippen LogP contribution in [0.2, 0.25) is 0 Å². The first-order valence-electron chi connectivity index (χ1n) is 6.67. The molecule has 0 saturated carbocycles. The topological polar surface area (TPSA) is 68.0 Å². The molecule has 7 heteroatoms. The van der Waals surface area contributed by atoms with E-state index in [2.05, 4.69) is 23.1 Å². The first-order chi connectivity index (χ1) is 10.0. The van der Waals surface area contributed by atoms with E-state index < -0.39 is 5.97 Å². The monoisotopic (exact) mass is 325 g/mol. The zero-order valence-electron chi connectivity index (χ0n) is 12.4. The number of rotatable bonds is 7. The Bertz CT molecular complexity index is 642. The molecule has 1 atom stereocenters. The molecule has 0 spiro atoms. The van der Waals surface area contributed by atoms with E-state index in [0.717, 1.165) is 34.2 Å². The maximum Gasteiger partial charge on any atom is 0.313 e. The number of thioether (sulfide) groups is 2. The number of aliphatic carboxylic acids is 1. The van der Waals surface area contributed by atoms with Crippen LogP contribution in [-0.4, -0.2) is 43.4 Å². The summed E-state index contributed by atoms with van der Waals surface area (Å²) >= 11 is 3.06. The summed E-state index contributed by atoms with van der Waals surface area (Å²) in [5.41, 5.74) is 2.72. The number of carbonyl (C=O) groups is 1. The van der Waals surface area contributed by atoms with Crippen molar-refractivity contribution >= 4 is 40.7 Å². The van der Waals surface area contributed by atoms with Gasteiger partial charge in [-0.25, -0.2) is 9.97 Å². The minimum atomic E-state index is -0.833. The van der Waals surface area contributed by atoms with Crippen LogP contribution < -0.4 is 0 Å². The van der Waals surface area contributed by atoms with E-state index in [0.29, 0.717) is 5.92 Å². The van der Waals surface area contributed by atoms with Crippen LogP contribution in [0.5, 0.6) is 0 Å². The van der Waals surface area contributed by atoms with Crippen LogP contribution in [-0.2, 0) is 11.3 Å². The summed E-state index contributed by atoms with van der Waals surface area (Å²) in [6.45, 7) is 4.96. The Morgan fingerprint density at radius 3 is 2.95 bits per heavy atom. The lowest BCUT2D eigenvalue weighted by atomic mass is 10.2. The van der Waals surface area contributed by atoms with E-state index in [9.17, 15) is 4.79 Å². The molecule has 2 aromatic heterocycles. The zero-order valence-corrected chi connectivity index (χ0v) is 14.0. The molecule has 0 aromatic carbocycles. The molecule has 2 aromatic rings. The number of fused-ring (bicyclic) bond motifs is 1. The number of hydrogen-bond donors (Lipinski definition) is 1. The molecule has 0 radical (unpaired) electrons. The van der Waals surface area contributed by atoms with Crippen LogP contribution in [0.25, 0.3) is 11.2 Å². The van der Waals surface area contributed by atoms with E-state index in [4.69, 9.17) is 5.11 Å². The third kappa shape index (κ3) is 4.14. The van der Waals surface area contributed by atoms with Gasteiger partial charge in [0, 0.05) is 12.7 Å². The molecule has 0 bridgehead atoms. The Labute approximate surface area is 132 Å². The minimum absolute atomic E-state index is 0.0131. The second kappa shape index (κ2) is 7.17. The highest BCUT2D eigenvalue weighted by Crippen LogP contribution is 2.25.